The minimum absolute atomic E-state index is 0.0480. The smallest absolute Gasteiger partial charge is 0.339 e. The fraction of sp³-hybridized carbons (Fsp3) is 0.417. The molecule has 1 aliphatic rings. The van der Waals surface area contributed by atoms with Crippen molar-refractivity contribution in [3.05, 3.63) is 23.8 Å². The third kappa shape index (κ3) is 3.09. The number of anilines is 1. The van der Waals surface area contributed by atoms with E-state index in [2.05, 4.69) is 9.46 Å². The third-order valence-corrected chi connectivity index (χ3v) is 4.51. The van der Waals surface area contributed by atoms with Crippen LogP contribution in [0.5, 0.6) is 0 Å². The molecule has 20 heavy (non-hydrogen) atoms. The van der Waals surface area contributed by atoms with Crippen LogP contribution in [0.15, 0.2) is 23.1 Å². The lowest BCUT2D eigenvalue weighted by atomic mass is 10.2. The van der Waals surface area contributed by atoms with E-state index in [1.54, 1.807) is 0 Å². The van der Waals surface area contributed by atoms with E-state index in [4.69, 9.17) is 10.5 Å². The first kappa shape index (κ1) is 14.8. The molecule has 0 bridgehead atoms. The Balaban J connectivity index is 2.38. The first-order valence-corrected chi connectivity index (χ1v) is 7.50. The van der Waals surface area contributed by atoms with Gasteiger partial charge in [-0.3, -0.25) is 0 Å². The molecule has 1 aromatic carbocycles. The predicted octanol–water partition coefficient (Wildman–Crippen LogP) is 0.123. The van der Waals surface area contributed by atoms with E-state index in [-0.39, 0.29) is 22.2 Å². The molecule has 0 amide bonds. The zero-order valence-corrected chi connectivity index (χ0v) is 11.8. The van der Waals surface area contributed by atoms with Crippen molar-refractivity contribution in [2.24, 2.45) is 0 Å². The number of rotatable bonds is 4. The van der Waals surface area contributed by atoms with E-state index in [0.717, 1.165) is 0 Å². The highest BCUT2D eigenvalue weighted by Crippen LogP contribution is 2.21. The summed E-state index contributed by atoms with van der Waals surface area (Å²) in [6, 6.07) is 3.72. The summed E-state index contributed by atoms with van der Waals surface area (Å²) in [5.41, 5.74) is 5.81. The molecule has 1 aromatic rings. The Kier molecular flexibility index (Phi) is 4.26. The van der Waals surface area contributed by atoms with E-state index in [0.29, 0.717) is 19.6 Å². The summed E-state index contributed by atoms with van der Waals surface area (Å²) in [7, 11) is -2.67. The summed E-state index contributed by atoms with van der Waals surface area (Å²) in [6.07, 6.45) is 0.592. The van der Waals surface area contributed by atoms with Crippen LogP contribution in [-0.2, 0) is 19.5 Å². The molecule has 3 N–H and O–H groups in total. The summed E-state index contributed by atoms with van der Waals surface area (Å²) in [5.74, 6) is -0.729. The second-order valence-corrected chi connectivity index (χ2v) is 6.11. The average Bonchev–Trinajstić information content (AvgIpc) is 2.90. The molecule has 1 unspecified atom stereocenters. The molecule has 1 atom stereocenters. The SMILES string of the molecule is COC(=O)c1ccc(N)cc1S(=O)(=O)NC1CCOC1. The second kappa shape index (κ2) is 5.78. The molecule has 1 saturated heterocycles. The van der Waals surface area contributed by atoms with Gasteiger partial charge < -0.3 is 15.2 Å². The van der Waals surface area contributed by atoms with Crippen molar-refractivity contribution in [3.63, 3.8) is 0 Å². The third-order valence-electron chi connectivity index (χ3n) is 2.95. The molecule has 0 spiro atoms. The van der Waals surface area contributed by atoms with E-state index in [1.165, 1.54) is 25.3 Å². The quantitative estimate of drug-likeness (QED) is 0.604. The van der Waals surface area contributed by atoms with Gasteiger partial charge in [0.1, 0.15) is 0 Å². The number of esters is 1. The highest BCUT2D eigenvalue weighted by Gasteiger charge is 2.27. The topological polar surface area (TPSA) is 108 Å². The van der Waals surface area contributed by atoms with E-state index in [9.17, 15) is 13.2 Å². The lowest BCUT2D eigenvalue weighted by molar-refractivity contribution is 0.0596. The summed E-state index contributed by atoms with van der Waals surface area (Å²) in [6.45, 7) is 0.822. The summed E-state index contributed by atoms with van der Waals surface area (Å²) >= 11 is 0. The second-order valence-electron chi connectivity index (χ2n) is 4.43. The number of carbonyl (C=O) groups is 1. The van der Waals surface area contributed by atoms with Gasteiger partial charge in [-0.15, -0.1) is 0 Å². The number of nitrogen functional groups attached to an aromatic ring is 1. The Morgan fingerprint density at radius 3 is 2.85 bits per heavy atom. The van der Waals surface area contributed by atoms with Crippen LogP contribution in [-0.4, -0.2) is 40.8 Å². The number of hydrogen-bond donors (Lipinski definition) is 2. The van der Waals surface area contributed by atoms with Crippen LogP contribution in [0.1, 0.15) is 16.8 Å². The monoisotopic (exact) mass is 300 g/mol. The largest absolute Gasteiger partial charge is 0.465 e. The highest BCUT2D eigenvalue weighted by molar-refractivity contribution is 7.89. The molecule has 0 saturated carbocycles. The van der Waals surface area contributed by atoms with Crippen LogP contribution < -0.4 is 10.5 Å². The van der Waals surface area contributed by atoms with Crippen molar-refractivity contribution in [3.8, 4) is 0 Å². The minimum atomic E-state index is -3.86. The molecule has 0 aliphatic carbocycles. The van der Waals surface area contributed by atoms with E-state index >= 15 is 0 Å². The molecule has 7 nitrogen and oxygen atoms in total. The number of benzene rings is 1. The van der Waals surface area contributed by atoms with Gasteiger partial charge in [-0.25, -0.2) is 17.9 Å². The van der Waals surface area contributed by atoms with Crippen molar-refractivity contribution >= 4 is 21.7 Å². The van der Waals surface area contributed by atoms with Crippen molar-refractivity contribution in [2.45, 2.75) is 17.4 Å². The number of nitrogens with two attached hydrogens (primary N) is 1. The molecule has 8 heteroatoms. The summed E-state index contributed by atoms with van der Waals surface area (Å²) < 4.78 is 36.9. The molecule has 0 radical (unpaired) electrons. The molecule has 1 aliphatic heterocycles. The van der Waals surface area contributed by atoms with Crippen molar-refractivity contribution in [2.75, 3.05) is 26.1 Å². The number of methoxy groups -OCH3 is 1. The van der Waals surface area contributed by atoms with Gasteiger partial charge >= 0.3 is 5.97 Å². The zero-order valence-electron chi connectivity index (χ0n) is 11.0. The van der Waals surface area contributed by atoms with Crippen LogP contribution in [0.3, 0.4) is 0 Å². The van der Waals surface area contributed by atoms with Crippen molar-refractivity contribution < 1.29 is 22.7 Å². The Bertz CT molecular complexity index is 608. The Labute approximate surface area is 117 Å². The fourth-order valence-corrected chi connectivity index (χ4v) is 3.43. The van der Waals surface area contributed by atoms with Crippen LogP contribution >= 0.6 is 0 Å². The molecule has 2 rings (SSSR count). The van der Waals surface area contributed by atoms with Gasteiger partial charge in [-0.1, -0.05) is 0 Å². The van der Waals surface area contributed by atoms with Gasteiger partial charge in [0.2, 0.25) is 10.0 Å². The summed E-state index contributed by atoms with van der Waals surface area (Å²) in [4.78, 5) is 11.5. The minimum Gasteiger partial charge on any atom is -0.465 e. The maximum atomic E-state index is 12.4. The van der Waals surface area contributed by atoms with Crippen LogP contribution in [0, 0.1) is 0 Å². The van der Waals surface area contributed by atoms with Gasteiger partial charge in [0.05, 0.1) is 24.2 Å². The maximum Gasteiger partial charge on any atom is 0.339 e. The Morgan fingerprint density at radius 1 is 1.50 bits per heavy atom. The van der Waals surface area contributed by atoms with E-state index < -0.39 is 16.0 Å². The average molecular weight is 300 g/mol. The summed E-state index contributed by atoms with van der Waals surface area (Å²) in [5, 5.41) is 0. The number of ether oxygens (including phenoxy) is 2. The Morgan fingerprint density at radius 2 is 2.25 bits per heavy atom. The van der Waals surface area contributed by atoms with Gasteiger partial charge in [-0.05, 0) is 24.6 Å². The van der Waals surface area contributed by atoms with Gasteiger partial charge in [0.15, 0.2) is 0 Å². The van der Waals surface area contributed by atoms with E-state index in [1.807, 2.05) is 0 Å². The number of sulfonamides is 1. The standard InChI is InChI=1S/C12H16N2O5S/c1-18-12(15)10-3-2-8(13)6-11(10)20(16,17)14-9-4-5-19-7-9/h2-3,6,9,14H,4-5,7,13H2,1H3. The van der Waals surface area contributed by atoms with Crippen molar-refractivity contribution in [1.29, 1.82) is 0 Å². The highest BCUT2D eigenvalue weighted by atomic mass is 32.2. The molecule has 1 heterocycles. The molecular weight excluding hydrogens is 284 g/mol. The molecule has 1 fully saturated rings. The Hall–Kier alpha value is -1.64. The van der Waals surface area contributed by atoms with Crippen LogP contribution in [0.4, 0.5) is 5.69 Å². The zero-order chi connectivity index (χ0) is 14.8. The van der Waals surface area contributed by atoms with Gasteiger partial charge in [0, 0.05) is 18.3 Å². The first-order chi connectivity index (χ1) is 9.44. The lowest BCUT2D eigenvalue weighted by Crippen LogP contribution is -2.35. The fourth-order valence-electron chi connectivity index (χ4n) is 1.95. The molecule has 0 aromatic heterocycles. The van der Waals surface area contributed by atoms with Crippen molar-refractivity contribution in [1.82, 2.24) is 4.72 Å². The lowest BCUT2D eigenvalue weighted by Gasteiger charge is -2.14. The molecule has 110 valence electrons. The first-order valence-electron chi connectivity index (χ1n) is 6.02. The predicted molar refractivity (Wildman–Crippen MR) is 71.7 cm³/mol. The van der Waals surface area contributed by atoms with Gasteiger partial charge in [0.25, 0.3) is 0 Å². The van der Waals surface area contributed by atoms with Gasteiger partial charge in [-0.2, -0.15) is 0 Å². The number of nitrogens with one attached hydrogen (secondary N) is 1. The number of hydrogen-bond acceptors (Lipinski definition) is 6. The maximum absolute atomic E-state index is 12.4. The van der Waals surface area contributed by atoms with Crippen LogP contribution in [0.25, 0.3) is 0 Å². The molecular formula is C12H16N2O5S. The number of carbonyl (C=O) groups excluding carboxylic acids is 1. The van der Waals surface area contributed by atoms with Crippen LogP contribution in [0.2, 0.25) is 0 Å². The normalized spacial score (nSPS) is 18.9.